The van der Waals surface area contributed by atoms with E-state index in [4.69, 9.17) is 16.3 Å². The van der Waals surface area contributed by atoms with Gasteiger partial charge in [-0.15, -0.1) is 0 Å². The maximum absolute atomic E-state index is 5.73. The van der Waals surface area contributed by atoms with Crippen molar-refractivity contribution >= 4 is 15.7 Å². The van der Waals surface area contributed by atoms with Gasteiger partial charge in [0.2, 0.25) is 0 Å². The van der Waals surface area contributed by atoms with Crippen molar-refractivity contribution in [3.05, 3.63) is 34.9 Å². The molecular weight excluding hydrogens is 355 g/mol. The third-order valence-electron chi connectivity index (χ3n) is 1.34. The van der Waals surface area contributed by atoms with E-state index in [1.807, 2.05) is 24.3 Å². The zero-order valence-corrected chi connectivity index (χ0v) is 10.7. The average Bonchev–Trinajstić information content (AvgIpc) is 2.16. The molecule has 0 amide bonds. The van der Waals surface area contributed by atoms with Crippen LogP contribution >= 0.6 is 11.6 Å². The minimum absolute atomic E-state index is 0.726. The monoisotopic (exact) mass is 362 g/mol. The first-order valence-corrected chi connectivity index (χ1v) is 5.42. The van der Waals surface area contributed by atoms with Gasteiger partial charge in [-0.2, -0.15) is 0 Å². The zero-order valence-electron chi connectivity index (χ0n) is 7.00. The molecule has 0 aliphatic rings. The molecule has 1 aromatic rings. The summed E-state index contributed by atoms with van der Waals surface area (Å²) in [4.78, 5) is 0. The Morgan fingerprint density at radius 3 is 2.54 bits per heavy atom. The van der Waals surface area contributed by atoms with Gasteiger partial charge in [0.25, 0.3) is 0 Å². The van der Waals surface area contributed by atoms with Gasteiger partial charge in [0, 0.05) is 0 Å². The standard InChI is InChI=1S/C10H7ClO.W/c1-12-8-2-3-9-4-6-10(11)7-5-9;/h4-7H,1H3;. The molecule has 0 radical (unpaired) electrons. The van der Waals surface area contributed by atoms with E-state index in [2.05, 4.69) is 11.8 Å². The molecule has 1 rings (SSSR count). The number of benzene rings is 1. The van der Waals surface area contributed by atoms with E-state index >= 15 is 0 Å². The van der Waals surface area contributed by atoms with Gasteiger partial charge >= 0.3 is 93.6 Å². The van der Waals surface area contributed by atoms with Crippen molar-refractivity contribution in [3.8, 4) is 11.8 Å². The van der Waals surface area contributed by atoms with Crippen LogP contribution < -0.4 is 0 Å². The molecule has 0 heterocycles. The van der Waals surface area contributed by atoms with E-state index in [1.54, 1.807) is 7.11 Å². The van der Waals surface area contributed by atoms with E-state index in [9.17, 15) is 0 Å². The summed E-state index contributed by atoms with van der Waals surface area (Å²) in [6.07, 6.45) is 0. The van der Waals surface area contributed by atoms with Gasteiger partial charge in [0.1, 0.15) is 0 Å². The zero-order chi connectivity index (χ0) is 9.68. The number of rotatable bonds is 1. The van der Waals surface area contributed by atoms with Crippen molar-refractivity contribution in [2.75, 3.05) is 7.11 Å². The summed E-state index contributed by atoms with van der Waals surface area (Å²) in [6, 6.07) is 7.41. The van der Waals surface area contributed by atoms with Crippen molar-refractivity contribution in [1.29, 1.82) is 0 Å². The van der Waals surface area contributed by atoms with Crippen LogP contribution in [0.15, 0.2) is 24.3 Å². The third kappa shape index (κ3) is 3.87. The van der Waals surface area contributed by atoms with Gasteiger partial charge in [-0.3, -0.25) is 0 Å². The fourth-order valence-electron chi connectivity index (χ4n) is 0.707. The molecule has 1 nitrogen and oxygen atoms in total. The number of hydrogen-bond acceptors (Lipinski definition) is 1. The van der Waals surface area contributed by atoms with Crippen LogP contribution in [0.5, 0.6) is 0 Å². The first kappa shape index (κ1) is 10.7. The molecule has 0 unspecified atom stereocenters. The van der Waals surface area contributed by atoms with Crippen molar-refractivity contribution < 1.29 is 24.1 Å². The average molecular weight is 362 g/mol. The third-order valence-corrected chi connectivity index (χ3v) is 2.56. The number of hydrogen-bond donors (Lipinski definition) is 0. The molecular formula is C10H7ClOW. The molecule has 0 aliphatic carbocycles. The van der Waals surface area contributed by atoms with Crippen LogP contribution in [0.2, 0.25) is 5.02 Å². The summed E-state index contributed by atoms with van der Waals surface area (Å²) in [5.74, 6) is 5.88. The Hall–Kier alpha value is -0.412. The van der Waals surface area contributed by atoms with Gasteiger partial charge in [0.15, 0.2) is 0 Å². The number of halogens is 1. The van der Waals surface area contributed by atoms with Gasteiger partial charge < -0.3 is 0 Å². The van der Waals surface area contributed by atoms with Crippen molar-refractivity contribution in [3.63, 3.8) is 0 Å². The summed E-state index contributed by atoms with van der Waals surface area (Å²) in [5.41, 5.74) is 0.945. The Morgan fingerprint density at radius 2 is 2.00 bits per heavy atom. The quantitative estimate of drug-likeness (QED) is 0.695. The van der Waals surface area contributed by atoms with Crippen LogP contribution in [-0.4, -0.2) is 11.2 Å². The molecule has 0 saturated carbocycles. The van der Waals surface area contributed by atoms with Crippen LogP contribution in [0.4, 0.5) is 0 Å². The molecule has 1 aromatic carbocycles. The Labute approximate surface area is 93.5 Å². The molecule has 0 aromatic heterocycles. The Morgan fingerprint density at radius 1 is 1.38 bits per heavy atom. The summed E-state index contributed by atoms with van der Waals surface area (Å²) in [6.45, 7) is 0. The predicted molar refractivity (Wildman–Crippen MR) is 50.3 cm³/mol. The van der Waals surface area contributed by atoms with E-state index in [-0.39, 0.29) is 0 Å². The number of ether oxygens (including phenoxy) is 1. The van der Waals surface area contributed by atoms with Crippen LogP contribution in [0, 0.1) is 11.8 Å². The fourth-order valence-corrected chi connectivity index (χ4v) is 1.02. The molecule has 13 heavy (non-hydrogen) atoms. The molecule has 0 spiro atoms. The second kappa shape index (κ2) is 5.35. The molecule has 66 valence electrons. The summed E-state index contributed by atoms with van der Waals surface area (Å²) in [5, 5.41) is 0.726. The SMILES string of the molecule is CO[C](=[W])C#Cc1ccc(Cl)cc1. The first-order chi connectivity index (χ1) is 6.22. The van der Waals surface area contributed by atoms with Crippen LogP contribution in [-0.2, 0) is 24.1 Å². The van der Waals surface area contributed by atoms with Gasteiger partial charge in [-0.25, -0.2) is 0 Å². The van der Waals surface area contributed by atoms with Gasteiger partial charge in [-0.05, 0) is 0 Å². The van der Waals surface area contributed by atoms with E-state index in [0.717, 1.165) is 14.7 Å². The fraction of sp³-hybridized carbons (Fsp3) is 0.100. The molecule has 0 aliphatic heterocycles. The Kier molecular flexibility index (Phi) is 4.39. The summed E-state index contributed by atoms with van der Waals surface area (Å²) >= 11 is 6.96. The first-order valence-electron chi connectivity index (χ1n) is 3.58. The molecule has 0 saturated heterocycles. The van der Waals surface area contributed by atoms with Crippen LogP contribution in [0.25, 0.3) is 0 Å². The predicted octanol–water partition coefficient (Wildman–Crippen LogP) is 2.01. The molecule has 0 bridgehead atoms. The van der Waals surface area contributed by atoms with Gasteiger partial charge in [0.05, 0.1) is 0 Å². The van der Waals surface area contributed by atoms with Crippen molar-refractivity contribution in [1.82, 2.24) is 0 Å². The summed E-state index contributed by atoms with van der Waals surface area (Å²) in [7, 11) is 1.62. The molecule has 0 atom stereocenters. The number of methoxy groups -OCH3 is 1. The van der Waals surface area contributed by atoms with Crippen LogP contribution in [0.1, 0.15) is 5.56 Å². The second-order valence-electron chi connectivity index (χ2n) is 2.25. The van der Waals surface area contributed by atoms with Crippen molar-refractivity contribution in [2.24, 2.45) is 0 Å². The van der Waals surface area contributed by atoms with Crippen molar-refractivity contribution in [2.45, 2.75) is 0 Å². The van der Waals surface area contributed by atoms with Crippen LogP contribution in [0.3, 0.4) is 0 Å². The second-order valence-corrected chi connectivity index (χ2v) is 4.02. The van der Waals surface area contributed by atoms with E-state index in [1.165, 1.54) is 19.4 Å². The minimum atomic E-state index is 0.726. The van der Waals surface area contributed by atoms with Gasteiger partial charge in [-0.1, -0.05) is 0 Å². The van der Waals surface area contributed by atoms with E-state index < -0.39 is 0 Å². The maximum atomic E-state index is 5.73. The normalized spacial score (nSPS) is 8.77. The molecule has 0 fully saturated rings. The Balaban J connectivity index is 2.78. The Bertz CT molecular complexity index is 359. The topological polar surface area (TPSA) is 9.23 Å². The molecule has 0 N–H and O–H groups in total. The molecule has 3 heteroatoms. The summed E-state index contributed by atoms with van der Waals surface area (Å²) < 4.78 is 5.74. The van der Waals surface area contributed by atoms with E-state index in [0.29, 0.717) is 0 Å².